The van der Waals surface area contributed by atoms with Gasteiger partial charge in [-0.25, -0.2) is 5.43 Å². The summed E-state index contributed by atoms with van der Waals surface area (Å²) in [6, 6.07) is 0. The number of likely N-dealkylation sites (tertiary alicyclic amines) is 1. The zero-order valence-corrected chi connectivity index (χ0v) is 11.4. The SMILES string of the molecule is CCOCC1CCCN(C(=O)C2=NNC(=O)CC2)C1. The van der Waals surface area contributed by atoms with Gasteiger partial charge in [-0.15, -0.1) is 0 Å². The lowest BCUT2D eigenvalue weighted by atomic mass is 9.98. The average Bonchev–Trinajstić information content (AvgIpc) is 2.45. The molecule has 0 spiro atoms. The van der Waals surface area contributed by atoms with Gasteiger partial charge in [0, 0.05) is 32.5 Å². The van der Waals surface area contributed by atoms with E-state index in [-0.39, 0.29) is 11.8 Å². The lowest BCUT2D eigenvalue weighted by Crippen LogP contribution is -2.46. The van der Waals surface area contributed by atoms with Crippen LogP contribution in [0.2, 0.25) is 0 Å². The van der Waals surface area contributed by atoms with Crippen LogP contribution in [-0.2, 0) is 14.3 Å². The van der Waals surface area contributed by atoms with E-state index < -0.39 is 0 Å². The number of rotatable bonds is 4. The molecule has 106 valence electrons. The third kappa shape index (κ3) is 3.76. The molecule has 1 saturated heterocycles. The fourth-order valence-electron chi connectivity index (χ4n) is 2.48. The van der Waals surface area contributed by atoms with Crippen LogP contribution in [0.25, 0.3) is 0 Å². The minimum absolute atomic E-state index is 0.0406. The molecule has 0 aliphatic carbocycles. The summed E-state index contributed by atoms with van der Waals surface area (Å²) < 4.78 is 5.44. The molecule has 1 atom stereocenters. The van der Waals surface area contributed by atoms with Crippen LogP contribution in [0.3, 0.4) is 0 Å². The summed E-state index contributed by atoms with van der Waals surface area (Å²) in [5.41, 5.74) is 2.84. The van der Waals surface area contributed by atoms with E-state index >= 15 is 0 Å². The van der Waals surface area contributed by atoms with E-state index in [0.29, 0.717) is 37.7 Å². The number of hydrogen-bond acceptors (Lipinski definition) is 4. The molecule has 2 aliphatic heterocycles. The van der Waals surface area contributed by atoms with Crippen LogP contribution in [0, 0.1) is 5.92 Å². The molecule has 0 radical (unpaired) electrons. The Morgan fingerprint density at radius 1 is 1.53 bits per heavy atom. The Morgan fingerprint density at radius 3 is 3.05 bits per heavy atom. The first kappa shape index (κ1) is 14.0. The van der Waals surface area contributed by atoms with E-state index in [1.165, 1.54) is 0 Å². The number of carbonyl (C=O) groups is 2. The number of carbonyl (C=O) groups excluding carboxylic acids is 2. The van der Waals surface area contributed by atoms with Crippen LogP contribution in [0.1, 0.15) is 32.6 Å². The quantitative estimate of drug-likeness (QED) is 0.807. The molecule has 0 aromatic carbocycles. The molecule has 2 aliphatic rings. The highest BCUT2D eigenvalue weighted by atomic mass is 16.5. The Bertz CT molecular complexity index is 381. The monoisotopic (exact) mass is 267 g/mol. The largest absolute Gasteiger partial charge is 0.381 e. The van der Waals surface area contributed by atoms with Gasteiger partial charge in [0.25, 0.3) is 5.91 Å². The molecular formula is C13H21N3O3. The number of hydrazone groups is 1. The number of ether oxygens (including phenoxy) is 1. The van der Waals surface area contributed by atoms with Crippen LogP contribution >= 0.6 is 0 Å². The lowest BCUT2D eigenvalue weighted by molar-refractivity contribution is -0.126. The Balaban J connectivity index is 1.90. The normalized spacial score (nSPS) is 23.8. The molecule has 2 heterocycles. The number of nitrogens with zero attached hydrogens (tertiary/aromatic N) is 2. The van der Waals surface area contributed by atoms with Gasteiger partial charge in [-0.3, -0.25) is 9.59 Å². The first-order valence-electron chi connectivity index (χ1n) is 6.93. The Labute approximate surface area is 113 Å². The molecule has 0 bridgehead atoms. The first-order chi connectivity index (χ1) is 9.20. The van der Waals surface area contributed by atoms with Gasteiger partial charge in [-0.1, -0.05) is 0 Å². The third-order valence-electron chi connectivity index (χ3n) is 3.52. The topological polar surface area (TPSA) is 71.0 Å². The van der Waals surface area contributed by atoms with E-state index in [0.717, 1.165) is 25.9 Å². The predicted molar refractivity (Wildman–Crippen MR) is 70.6 cm³/mol. The number of nitrogens with one attached hydrogen (secondary N) is 1. The van der Waals surface area contributed by atoms with Gasteiger partial charge in [0.05, 0.1) is 6.61 Å². The van der Waals surface area contributed by atoms with Gasteiger partial charge < -0.3 is 9.64 Å². The van der Waals surface area contributed by atoms with Crippen LogP contribution in [0.5, 0.6) is 0 Å². The highest BCUT2D eigenvalue weighted by Gasteiger charge is 2.28. The molecule has 0 aromatic heterocycles. The number of piperidine rings is 1. The van der Waals surface area contributed by atoms with Crippen molar-refractivity contribution < 1.29 is 14.3 Å². The summed E-state index contributed by atoms with van der Waals surface area (Å²) in [5.74, 6) is 0.252. The van der Waals surface area contributed by atoms with Crippen molar-refractivity contribution in [1.29, 1.82) is 0 Å². The van der Waals surface area contributed by atoms with Gasteiger partial charge in [-0.05, 0) is 25.7 Å². The predicted octanol–water partition coefficient (Wildman–Crippen LogP) is 0.527. The molecule has 6 heteroatoms. The van der Waals surface area contributed by atoms with Crippen molar-refractivity contribution >= 4 is 17.5 Å². The standard InChI is InChI=1S/C13H21N3O3/c1-2-19-9-10-4-3-7-16(8-10)13(18)11-5-6-12(17)15-14-11/h10H,2-9H2,1H3,(H,15,17). The Morgan fingerprint density at radius 2 is 2.37 bits per heavy atom. The van der Waals surface area contributed by atoms with E-state index in [2.05, 4.69) is 10.5 Å². The molecule has 1 N–H and O–H groups in total. The minimum atomic E-state index is -0.121. The Hall–Kier alpha value is -1.43. The molecule has 2 amide bonds. The number of amides is 2. The van der Waals surface area contributed by atoms with Gasteiger partial charge in [0.15, 0.2) is 0 Å². The summed E-state index contributed by atoms with van der Waals surface area (Å²) in [6.45, 7) is 4.90. The van der Waals surface area contributed by atoms with E-state index in [1.807, 2.05) is 11.8 Å². The second kappa shape index (κ2) is 6.65. The smallest absolute Gasteiger partial charge is 0.270 e. The average molecular weight is 267 g/mol. The minimum Gasteiger partial charge on any atom is -0.381 e. The van der Waals surface area contributed by atoms with Crippen molar-refractivity contribution in [2.24, 2.45) is 11.0 Å². The van der Waals surface area contributed by atoms with E-state index in [4.69, 9.17) is 4.74 Å². The van der Waals surface area contributed by atoms with Gasteiger partial charge in [0.2, 0.25) is 5.91 Å². The van der Waals surface area contributed by atoms with Crippen LogP contribution < -0.4 is 5.43 Å². The Kier molecular flexibility index (Phi) is 4.90. The summed E-state index contributed by atoms with van der Waals surface area (Å²) in [5, 5.41) is 3.87. The molecule has 0 saturated carbocycles. The number of hydrogen-bond donors (Lipinski definition) is 1. The summed E-state index contributed by atoms with van der Waals surface area (Å²) in [4.78, 5) is 25.1. The van der Waals surface area contributed by atoms with Crippen molar-refractivity contribution in [3.63, 3.8) is 0 Å². The molecule has 6 nitrogen and oxygen atoms in total. The third-order valence-corrected chi connectivity index (χ3v) is 3.52. The fraction of sp³-hybridized carbons (Fsp3) is 0.769. The van der Waals surface area contributed by atoms with Crippen molar-refractivity contribution in [3.8, 4) is 0 Å². The van der Waals surface area contributed by atoms with Gasteiger partial charge in [-0.2, -0.15) is 5.10 Å². The molecule has 19 heavy (non-hydrogen) atoms. The maximum Gasteiger partial charge on any atom is 0.270 e. The maximum absolute atomic E-state index is 12.3. The van der Waals surface area contributed by atoms with E-state index in [1.54, 1.807) is 0 Å². The zero-order valence-electron chi connectivity index (χ0n) is 11.4. The molecule has 1 unspecified atom stereocenters. The maximum atomic E-state index is 12.3. The molecule has 1 fully saturated rings. The van der Waals surface area contributed by atoms with Crippen molar-refractivity contribution in [2.45, 2.75) is 32.6 Å². The first-order valence-corrected chi connectivity index (χ1v) is 6.93. The van der Waals surface area contributed by atoms with Crippen molar-refractivity contribution in [3.05, 3.63) is 0 Å². The van der Waals surface area contributed by atoms with Crippen LogP contribution in [-0.4, -0.2) is 48.7 Å². The van der Waals surface area contributed by atoms with Crippen molar-refractivity contribution in [2.75, 3.05) is 26.3 Å². The highest BCUT2D eigenvalue weighted by molar-refractivity contribution is 6.39. The lowest BCUT2D eigenvalue weighted by Gasteiger charge is -2.33. The van der Waals surface area contributed by atoms with Crippen LogP contribution in [0.4, 0.5) is 0 Å². The molecule has 0 aromatic rings. The zero-order chi connectivity index (χ0) is 13.7. The van der Waals surface area contributed by atoms with Crippen molar-refractivity contribution in [1.82, 2.24) is 10.3 Å². The highest BCUT2D eigenvalue weighted by Crippen LogP contribution is 2.18. The fourth-order valence-corrected chi connectivity index (χ4v) is 2.48. The molecule has 2 rings (SSSR count). The van der Waals surface area contributed by atoms with Gasteiger partial charge in [0.1, 0.15) is 5.71 Å². The second-order valence-electron chi connectivity index (χ2n) is 5.01. The van der Waals surface area contributed by atoms with E-state index in [9.17, 15) is 9.59 Å². The summed E-state index contributed by atoms with van der Waals surface area (Å²) in [6.07, 6.45) is 2.90. The summed E-state index contributed by atoms with van der Waals surface area (Å²) >= 11 is 0. The second-order valence-corrected chi connectivity index (χ2v) is 5.01. The van der Waals surface area contributed by atoms with Gasteiger partial charge >= 0.3 is 0 Å². The molecular weight excluding hydrogens is 246 g/mol. The summed E-state index contributed by atoms with van der Waals surface area (Å²) in [7, 11) is 0. The van der Waals surface area contributed by atoms with Crippen LogP contribution in [0.15, 0.2) is 5.10 Å².